The van der Waals surface area contributed by atoms with Crippen LogP contribution in [-0.2, 0) is 4.79 Å². The van der Waals surface area contributed by atoms with Crippen LogP contribution in [0.25, 0.3) is 10.9 Å². The molecule has 0 spiro atoms. The van der Waals surface area contributed by atoms with Crippen LogP contribution < -0.4 is 5.43 Å². The number of aromatic hydroxyl groups is 1. The van der Waals surface area contributed by atoms with Crippen LogP contribution in [0, 0.1) is 13.8 Å². The molecule has 0 saturated heterocycles. The number of hydrogen-bond acceptors (Lipinski definition) is 5. The summed E-state index contributed by atoms with van der Waals surface area (Å²) in [5, 5.41) is 14.4. The largest absolute Gasteiger partial charge is 0.508 e. The van der Waals surface area contributed by atoms with E-state index in [-0.39, 0.29) is 17.4 Å². The molecule has 26 heavy (non-hydrogen) atoms. The lowest BCUT2D eigenvalue weighted by Gasteiger charge is -2.09. The molecule has 6 heteroatoms. The van der Waals surface area contributed by atoms with Crippen molar-refractivity contribution < 1.29 is 9.90 Å². The van der Waals surface area contributed by atoms with Gasteiger partial charge in [-0.05, 0) is 43.2 Å². The highest BCUT2D eigenvalue weighted by atomic mass is 32.2. The Bertz CT molecular complexity index is 986. The fourth-order valence-corrected chi connectivity index (χ4v) is 3.49. The maximum Gasteiger partial charge on any atom is 0.250 e. The first-order valence-electron chi connectivity index (χ1n) is 8.13. The highest BCUT2D eigenvalue weighted by Gasteiger charge is 2.09. The Hall–Kier alpha value is -2.86. The van der Waals surface area contributed by atoms with Gasteiger partial charge in [0.25, 0.3) is 0 Å². The van der Waals surface area contributed by atoms with Crippen LogP contribution in [0.4, 0.5) is 0 Å². The molecule has 0 fully saturated rings. The Balaban J connectivity index is 1.65. The molecule has 2 N–H and O–H groups in total. The molecule has 1 heterocycles. The number of nitrogens with one attached hydrogen (secondary N) is 1. The Labute approximate surface area is 156 Å². The topological polar surface area (TPSA) is 74.6 Å². The van der Waals surface area contributed by atoms with Gasteiger partial charge in [0.15, 0.2) is 0 Å². The third-order valence-electron chi connectivity index (χ3n) is 3.76. The number of hydrogen-bond donors (Lipinski definition) is 2. The van der Waals surface area contributed by atoms with Gasteiger partial charge in [-0.15, -0.1) is 11.8 Å². The standard InChI is InChI=1S/C20H19N3O2S/c1-13-5-3-8-17-18(9-14(2)22-20(13)17)26-12-19(25)23-21-11-15-6-4-7-16(24)10-15/h3-11,24H,12H2,1-2H3,(H,23,25). The summed E-state index contributed by atoms with van der Waals surface area (Å²) in [6.07, 6.45) is 1.50. The average molecular weight is 365 g/mol. The van der Waals surface area contributed by atoms with Crippen LogP contribution in [-0.4, -0.2) is 28.0 Å². The number of aryl methyl sites for hydroxylation is 2. The molecule has 0 unspecified atom stereocenters. The lowest BCUT2D eigenvalue weighted by Crippen LogP contribution is -2.19. The number of rotatable bonds is 5. The van der Waals surface area contributed by atoms with Crippen LogP contribution in [0.15, 0.2) is 58.5 Å². The van der Waals surface area contributed by atoms with E-state index in [9.17, 15) is 9.90 Å². The van der Waals surface area contributed by atoms with Crippen LogP contribution in [0.5, 0.6) is 5.75 Å². The number of carbonyl (C=O) groups is 1. The van der Waals surface area contributed by atoms with Crippen molar-refractivity contribution in [2.24, 2.45) is 5.10 Å². The van der Waals surface area contributed by atoms with Crippen molar-refractivity contribution in [2.45, 2.75) is 18.7 Å². The molecule has 0 bridgehead atoms. The van der Waals surface area contributed by atoms with Crippen molar-refractivity contribution in [1.29, 1.82) is 0 Å². The zero-order chi connectivity index (χ0) is 18.5. The number of phenolic OH excluding ortho intramolecular Hbond substituents is 1. The number of nitrogens with zero attached hydrogens (tertiary/aromatic N) is 2. The number of thioether (sulfide) groups is 1. The van der Waals surface area contributed by atoms with Crippen molar-refractivity contribution in [3.63, 3.8) is 0 Å². The third-order valence-corrected chi connectivity index (χ3v) is 4.82. The molecule has 1 amide bonds. The number of aromatic nitrogens is 1. The lowest BCUT2D eigenvalue weighted by atomic mass is 10.1. The van der Waals surface area contributed by atoms with Gasteiger partial charge in [-0.3, -0.25) is 9.78 Å². The summed E-state index contributed by atoms with van der Waals surface area (Å²) in [6.45, 7) is 3.99. The summed E-state index contributed by atoms with van der Waals surface area (Å²) in [6, 6.07) is 14.7. The predicted molar refractivity (Wildman–Crippen MR) is 106 cm³/mol. The average Bonchev–Trinajstić information content (AvgIpc) is 2.60. The number of pyridine rings is 1. The number of para-hydroxylation sites is 1. The van der Waals surface area contributed by atoms with Gasteiger partial charge >= 0.3 is 0 Å². The summed E-state index contributed by atoms with van der Waals surface area (Å²) in [5.74, 6) is 0.219. The minimum absolute atomic E-state index is 0.158. The van der Waals surface area contributed by atoms with E-state index in [4.69, 9.17) is 0 Å². The van der Waals surface area contributed by atoms with Gasteiger partial charge in [-0.25, -0.2) is 5.43 Å². The smallest absolute Gasteiger partial charge is 0.250 e. The summed E-state index contributed by atoms with van der Waals surface area (Å²) in [4.78, 5) is 17.7. The van der Waals surface area contributed by atoms with Crippen molar-refractivity contribution in [1.82, 2.24) is 10.4 Å². The monoisotopic (exact) mass is 365 g/mol. The van der Waals surface area contributed by atoms with Gasteiger partial charge < -0.3 is 5.11 Å². The zero-order valence-electron chi connectivity index (χ0n) is 14.6. The van der Waals surface area contributed by atoms with Gasteiger partial charge in [0.1, 0.15) is 5.75 Å². The summed E-state index contributed by atoms with van der Waals surface area (Å²) in [5.41, 5.74) is 6.24. The van der Waals surface area contributed by atoms with Crippen LogP contribution >= 0.6 is 11.8 Å². The molecule has 3 rings (SSSR count). The first-order chi connectivity index (χ1) is 12.5. The number of phenols is 1. The number of fused-ring (bicyclic) bond motifs is 1. The number of hydrazone groups is 1. The number of carbonyl (C=O) groups excluding carboxylic acids is 1. The molecule has 0 aliphatic rings. The van der Waals surface area contributed by atoms with Crippen molar-refractivity contribution in [3.8, 4) is 5.75 Å². The zero-order valence-corrected chi connectivity index (χ0v) is 15.4. The molecule has 1 aromatic heterocycles. The van der Waals surface area contributed by atoms with E-state index >= 15 is 0 Å². The molecule has 0 radical (unpaired) electrons. The van der Waals surface area contributed by atoms with Crippen LogP contribution in [0.1, 0.15) is 16.8 Å². The summed E-state index contributed by atoms with van der Waals surface area (Å²) >= 11 is 1.46. The highest BCUT2D eigenvalue weighted by Crippen LogP contribution is 2.29. The fourth-order valence-electron chi connectivity index (χ4n) is 2.56. The van der Waals surface area contributed by atoms with Crippen LogP contribution in [0.3, 0.4) is 0 Å². The second-order valence-corrected chi connectivity index (χ2v) is 6.93. The van der Waals surface area contributed by atoms with E-state index in [1.807, 2.05) is 38.1 Å². The van der Waals surface area contributed by atoms with E-state index in [2.05, 4.69) is 15.5 Å². The van der Waals surface area contributed by atoms with E-state index in [1.165, 1.54) is 18.0 Å². The van der Waals surface area contributed by atoms with Gasteiger partial charge in [-0.2, -0.15) is 5.10 Å². The maximum absolute atomic E-state index is 12.1. The molecule has 0 aliphatic carbocycles. The van der Waals surface area contributed by atoms with Gasteiger partial charge in [0, 0.05) is 16.0 Å². The molecule has 0 atom stereocenters. The molecule has 3 aromatic rings. The number of amides is 1. The van der Waals surface area contributed by atoms with E-state index < -0.39 is 0 Å². The quantitative estimate of drug-likeness (QED) is 0.410. The Kier molecular flexibility index (Phi) is 5.53. The van der Waals surface area contributed by atoms with Gasteiger partial charge in [-0.1, -0.05) is 30.3 Å². The second kappa shape index (κ2) is 8.01. The maximum atomic E-state index is 12.1. The Morgan fingerprint density at radius 2 is 2.04 bits per heavy atom. The first kappa shape index (κ1) is 17.9. The van der Waals surface area contributed by atoms with Gasteiger partial charge in [0.05, 0.1) is 17.5 Å². The minimum Gasteiger partial charge on any atom is -0.508 e. The minimum atomic E-state index is -0.193. The van der Waals surface area contributed by atoms with E-state index in [0.29, 0.717) is 5.56 Å². The Morgan fingerprint density at radius 1 is 1.23 bits per heavy atom. The second-order valence-electron chi connectivity index (χ2n) is 5.91. The Morgan fingerprint density at radius 3 is 2.85 bits per heavy atom. The van der Waals surface area contributed by atoms with E-state index in [1.54, 1.807) is 24.3 Å². The molecule has 2 aromatic carbocycles. The molecular weight excluding hydrogens is 346 g/mol. The fraction of sp³-hybridized carbons (Fsp3) is 0.150. The van der Waals surface area contributed by atoms with Gasteiger partial charge in [0.2, 0.25) is 5.91 Å². The van der Waals surface area contributed by atoms with Crippen molar-refractivity contribution in [2.75, 3.05) is 5.75 Å². The summed E-state index contributed by atoms with van der Waals surface area (Å²) in [7, 11) is 0. The molecule has 5 nitrogen and oxygen atoms in total. The summed E-state index contributed by atoms with van der Waals surface area (Å²) < 4.78 is 0. The third kappa shape index (κ3) is 4.40. The lowest BCUT2D eigenvalue weighted by molar-refractivity contribution is -0.118. The predicted octanol–water partition coefficient (Wildman–Crippen LogP) is 3.80. The molecular formula is C20H19N3O2S. The molecule has 132 valence electrons. The normalized spacial score (nSPS) is 11.2. The van der Waals surface area contributed by atoms with E-state index in [0.717, 1.165) is 27.1 Å². The van der Waals surface area contributed by atoms with Crippen molar-refractivity contribution in [3.05, 3.63) is 65.4 Å². The first-order valence-corrected chi connectivity index (χ1v) is 9.12. The van der Waals surface area contributed by atoms with Crippen molar-refractivity contribution >= 4 is 34.8 Å². The van der Waals surface area contributed by atoms with Crippen LogP contribution in [0.2, 0.25) is 0 Å². The highest BCUT2D eigenvalue weighted by molar-refractivity contribution is 8.00. The SMILES string of the molecule is Cc1cc(SCC(=O)NN=Cc2cccc(O)c2)c2cccc(C)c2n1. The number of benzene rings is 2. The molecule has 0 aliphatic heterocycles. The molecule has 0 saturated carbocycles.